The van der Waals surface area contributed by atoms with Crippen molar-refractivity contribution < 1.29 is 15.0 Å². The quantitative estimate of drug-likeness (QED) is 0.490. The van der Waals surface area contributed by atoms with Crippen LogP contribution in [0.4, 0.5) is 5.69 Å². The number of hydrogen-bond donors (Lipinski definition) is 3. The number of aliphatic hydroxyl groups excluding tert-OH is 1. The Morgan fingerprint density at radius 1 is 1.47 bits per heavy atom. The van der Waals surface area contributed by atoms with Crippen LogP contribution in [0.15, 0.2) is 18.2 Å². The van der Waals surface area contributed by atoms with Gasteiger partial charge in [0.15, 0.2) is 0 Å². The van der Waals surface area contributed by atoms with Crippen LogP contribution >= 0.6 is 0 Å². The molecular formula is C11H11NO3. The normalized spacial score (nSPS) is 9.13. The van der Waals surface area contributed by atoms with Crippen LogP contribution in [-0.4, -0.2) is 22.8 Å². The second kappa shape index (κ2) is 5.03. The molecule has 0 radical (unpaired) electrons. The van der Waals surface area contributed by atoms with E-state index in [0.717, 1.165) is 0 Å². The summed E-state index contributed by atoms with van der Waals surface area (Å²) in [6.45, 7) is -0.0373. The molecular weight excluding hydrogens is 194 g/mol. The lowest BCUT2D eigenvalue weighted by molar-refractivity contribution is 0.0696. The third-order valence-corrected chi connectivity index (χ3v) is 1.73. The Morgan fingerprint density at radius 2 is 2.20 bits per heavy atom. The van der Waals surface area contributed by atoms with Gasteiger partial charge in [-0.2, -0.15) is 0 Å². The van der Waals surface area contributed by atoms with Gasteiger partial charge in [-0.3, -0.25) is 0 Å². The van der Waals surface area contributed by atoms with Crippen LogP contribution in [0.5, 0.6) is 0 Å². The minimum atomic E-state index is -1.06. The van der Waals surface area contributed by atoms with E-state index < -0.39 is 5.97 Å². The van der Waals surface area contributed by atoms with E-state index in [-0.39, 0.29) is 12.2 Å². The number of carboxylic acid groups (broad SMARTS) is 1. The van der Waals surface area contributed by atoms with Gasteiger partial charge < -0.3 is 15.9 Å². The number of benzene rings is 1. The molecule has 0 heterocycles. The van der Waals surface area contributed by atoms with Gasteiger partial charge in [-0.05, 0) is 18.2 Å². The number of nitrogens with two attached hydrogens (primary N) is 1. The van der Waals surface area contributed by atoms with Crippen molar-refractivity contribution in [3.8, 4) is 11.8 Å². The fourth-order valence-electron chi connectivity index (χ4n) is 1.06. The average molecular weight is 205 g/mol. The van der Waals surface area contributed by atoms with Crippen molar-refractivity contribution in [1.82, 2.24) is 0 Å². The van der Waals surface area contributed by atoms with Gasteiger partial charge in [0.1, 0.15) is 0 Å². The van der Waals surface area contributed by atoms with Gasteiger partial charge in [0, 0.05) is 17.7 Å². The first-order valence-corrected chi connectivity index (χ1v) is 4.37. The van der Waals surface area contributed by atoms with Gasteiger partial charge in [-0.25, -0.2) is 4.79 Å². The highest BCUT2D eigenvalue weighted by Crippen LogP contribution is 2.12. The molecule has 78 valence electrons. The summed E-state index contributed by atoms with van der Waals surface area (Å²) in [7, 11) is 0. The van der Waals surface area contributed by atoms with E-state index in [2.05, 4.69) is 11.8 Å². The van der Waals surface area contributed by atoms with Crippen LogP contribution < -0.4 is 5.73 Å². The molecule has 0 fully saturated rings. The molecule has 0 saturated heterocycles. The second-order valence-corrected chi connectivity index (χ2v) is 2.89. The number of anilines is 1. The molecule has 1 rings (SSSR count). The summed E-state index contributed by atoms with van der Waals surface area (Å²) in [6.07, 6.45) is 0.323. The van der Waals surface area contributed by atoms with Crippen molar-refractivity contribution in [1.29, 1.82) is 0 Å². The molecule has 0 aliphatic rings. The summed E-state index contributed by atoms with van der Waals surface area (Å²) in [5, 5.41) is 17.4. The molecule has 0 bridgehead atoms. The Labute approximate surface area is 87.3 Å². The number of nitrogen functional groups attached to an aromatic ring is 1. The fraction of sp³-hybridized carbons (Fsp3) is 0.182. The van der Waals surface area contributed by atoms with E-state index in [1.165, 1.54) is 6.07 Å². The molecule has 0 saturated carbocycles. The van der Waals surface area contributed by atoms with E-state index in [0.29, 0.717) is 17.7 Å². The molecule has 0 spiro atoms. The Morgan fingerprint density at radius 3 is 2.80 bits per heavy atom. The van der Waals surface area contributed by atoms with Gasteiger partial charge in [-0.15, -0.1) is 0 Å². The molecule has 4 nitrogen and oxygen atoms in total. The Balaban J connectivity index is 3.08. The Bertz CT molecular complexity index is 429. The third kappa shape index (κ3) is 3.01. The molecule has 0 unspecified atom stereocenters. The van der Waals surface area contributed by atoms with Crippen LogP contribution in [0, 0.1) is 11.8 Å². The zero-order chi connectivity index (χ0) is 11.3. The molecule has 0 aromatic heterocycles. The third-order valence-electron chi connectivity index (χ3n) is 1.73. The number of rotatable bonds is 2. The zero-order valence-electron chi connectivity index (χ0n) is 8.03. The van der Waals surface area contributed by atoms with E-state index in [4.69, 9.17) is 15.9 Å². The number of carboxylic acids is 1. The number of carbonyl (C=O) groups is 1. The van der Waals surface area contributed by atoms with Crippen LogP contribution in [0.3, 0.4) is 0 Å². The average Bonchev–Trinajstić information content (AvgIpc) is 2.20. The van der Waals surface area contributed by atoms with Crippen molar-refractivity contribution in [3.63, 3.8) is 0 Å². The number of aromatic carboxylic acids is 1. The predicted octanol–water partition coefficient (Wildman–Crippen LogP) is 0.701. The number of aliphatic hydroxyl groups is 1. The summed E-state index contributed by atoms with van der Waals surface area (Å²) < 4.78 is 0. The molecule has 4 heteroatoms. The molecule has 1 aromatic rings. The first kappa shape index (κ1) is 11.1. The molecule has 0 amide bonds. The zero-order valence-corrected chi connectivity index (χ0v) is 8.03. The van der Waals surface area contributed by atoms with E-state index in [9.17, 15) is 4.79 Å². The predicted molar refractivity (Wildman–Crippen MR) is 56.4 cm³/mol. The topological polar surface area (TPSA) is 83.5 Å². The van der Waals surface area contributed by atoms with Gasteiger partial charge >= 0.3 is 5.97 Å². The van der Waals surface area contributed by atoms with E-state index >= 15 is 0 Å². The Kier molecular flexibility index (Phi) is 3.72. The van der Waals surface area contributed by atoms with Crippen LogP contribution in [0.2, 0.25) is 0 Å². The molecule has 1 aromatic carbocycles. The maximum Gasteiger partial charge on any atom is 0.337 e. The van der Waals surface area contributed by atoms with Crippen molar-refractivity contribution in [3.05, 3.63) is 29.3 Å². The molecule has 15 heavy (non-hydrogen) atoms. The fourth-order valence-corrected chi connectivity index (χ4v) is 1.06. The van der Waals surface area contributed by atoms with Crippen LogP contribution in [0.25, 0.3) is 0 Å². The Hall–Kier alpha value is -1.99. The van der Waals surface area contributed by atoms with Crippen molar-refractivity contribution >= 4 is 11.7 Å². The maximum absolute atomic E-state index is 10.8. The van der Waals surface area contributed by atoms with Gasteiger partial charge in [0.05, 0.1) is 12.2 Å². The smallest absolute Gasteiger partial charge is 0.337 e. The summed E-state index contributed by atoms with van der Waals surface area (Å²) in [5.41, 5.74) is 6.35. The van der Waals surface area contributed by atoms with Crippen molar-refractivity contribution in [2.75, 3.05) is 12.3 Å². The molecule has 4 N–H and O–H groups in total. The first-order valence-electron chi connectivity index (χ1n) is 4.37. The van der Waals surface area contributed by atoms with Crippen molar-refractivity contribution in [2.45, 2.75) is 6.42 Å². The summed E-state index contributed by atoms with van der Waals surface area (Å²) in [6, 6.07) is 4.52. The largest absolute Gasteiger partial charge is 0.478 e. The monoisotopic (exact) mass is 205 g/mol. The lowest BCUT2D eigenvalue weighted by Crippen LogP contribution is -2.01. The highest BCUT2D eigenvalue weighted by molar-refractivity contribution is 5.91. The van der Waals surface area contributed by atoms with E-state index in [1.807, 2.05) is 0 Å². The lowest BCUT2D eigenvalue weighted by atomic mass is 10.1. The van der Waals surface area contributed by atoms with Crippen molar-refractivity contribution in [2.24, 2.45) is 0 Å². The lowest BCUT2D eigenvalue weighted by Gasteiger charge is -2.00. The van der Waals surface area contributed by atoms with Gasteiger partial charge in [0.2, 0.25) is 0 Å². The van der Waals surface area contributed by atoms with Gasteiger partial charge in [0.25, 0.3) is 0 Å². The minimum Gasteiger partial charge on any atom is -0.478 e. The standard InChI is InChI=1S/C11H11NO3/c12-9-5-4-8(3-1-2-6-13)10(7-9)11(14)15/h4-5,7,13H,2,6,12H2,(H,14,15). The maximum atomic E-state index is 10.8. The summed E-state index contributed by atoms with van der Waals surface area (Å²) in [4.78, 5) is 10.8. The summed E-state index contributed by atoms with van der Waals surface area (Å²) >= 11 is 0. The van der Waals surface area contributed by atoms with E-state index in [1.54, 1.807) is 12.1 Å². The summed E-state index contributed by atoms with van der Waals surface area (Å²) in [5.74, 6) is 4.28. The van der Waals surface area contributed by atoms with Crippen LogP contribution in [-0.2, 0) is 0 Å². The highest BCUT2D eigenvalue weighted by Gasteiger charge is 2.08. The number of hydrogen-bond acceptors (Lipinski definition) is 3. The molecule has 0 aliphatic heterocycles. The van der Waals surface area contributed by atoms with Gasteiger partial charge in [-0.1, -0.05) is 11.8 Å². The molecule has 0 atom stereocenters. The SMILES string of the molecule is Nc1ccc(C#CCCO)c(C(=O)O)c1. The second-order valence-electron chi connectivity index (χ2n) is 2.89. The van der Waals surface area contributed by atoms with Crippen LogP contribution in [0.1, 0.15) is 22.3 Å². The molecule has 0 aliphatic carbocycles. The first-order chi connectivity index (χ1) is 7.15. The minimum absolute atomic E-state index is 0.0373. The highest BCUT2D eigenvalue weighted by atomic mass is 16.4.